The predicted molar refractivity (Wildman–Crippen MR) is 57.5 cm³/mol. The zero-order valence-corrected chi connectivity index (χ0v) is 8.77. The van der Waals surface area contributed by atoms with E-state index in [2.05, 4.69) is 11.6 Å². The molecule has 0 aromatic carbocycles. The summed E-state index contributed by atoms with van der Waals surface area (Å²) in [6.45, 7) is 4.93. The van der Waals surface area contributed by atoms with Crippen molar-refractivity contribution >= 4 is 5.97 Å². The summed E-state index contributed by atoms with van der Waals surface area (Å²) in [5.41, 5.74) is -0.955. The van der Waals surface area contributed by atoms with Gasteiger partial charge in [-0.3, -0.25) is 14.3 Å². The number of aromatic nitrogens is 2. The number of nitrogens with one attached hydrogen (secondary N) is 1. The summed E-state index contributed by atoms with van der Waals surface area (Å²) in [6.07, 6.45) is 2.76. The van der Waals surface area contributed by atoms with E-state index in [0.717, 1.165) is 4.57 Å². The van der Waals surface area contributed by atoms with Gasteiger partial charge in [-0.15, -0.1) is 6.58 Å². The van der Waals surface area contributed by atoms with Gasteiger partial charge >= 0.3 is 11.7 Å². The largest absolute Gasteiger partial charge is 0.480 e. The van der Waals surface area contributed by atoms with Crippen molar-refractivity contribution in [1.82, 2.24) is 9.55 Å². The zero-order valence-electron chi connectivity index (χ0n) is 8.77. The minimum atomic E-state index is -1.14. The Kier molecular flexibility index (Phi) is 3.44. The highest BCUT2D eigenvalue weighted by Crippen LogP contribution is 2.09. The van der Waals surface area contributed by atoms with E-state index in [0.29, 0.717) is 0 Å². The Hall–Kier alpha value is -2.11. The Morgan fingerprint density at radius 3 is 2.81 bits per heavy atom. The van der Waals surface area contributed by atoms with Crippen LogP contribution in [0, 0.1) is 6.92 Å². The zero-order chi connectivity index (χ0) is 12.3. The van der Waals surface area contributed by atoms with Gasteiger partial charge in [0.2, 0.25) is 0 Å². The van der Waals surface area contributed by atoms with Crippen LogP contribution < -0.4 is 11.2 Å². The minimum Gasteiger partial charge on any atom is -0.480 e. The second-order valence-corrected chi connectivity index (χ2v) is 3.36. The van der Waals surface area contributed by atoms with Crippen molar-refractivity contribution in [3.8, 4) is 0 Å². The molecular weight excluding hydrogens is 212 g/mol. The Bertz CT molecular complexity index is 526. The number of rotatable bonds is 4. The highest BCUT2D eigenvalue weighted by molar-refractivity contribution is 5.72. The van der Waals surface area contributed by atoms with Crippen LogP contribution in [0.4, 0.5) is 0 Å². The molecule has 0 aliphatic rings. The molecule has 0 amide bonds. The maximum atomic E-state index is 11.4. The summed E-state index contributed by atoms with van der Waals surface area (Å²) < 4.78 is 0.987. The van der Waals surface area contributed by atoms with Gasteiger partial charge < -0.3 is 5.11 Å². The SMILES string of the molecule is C=CCC(C(=O)O)n1cc(C)c(=O)[nH]c1=O. The van der Waals surface area contributed by atoms with Gasteiger partial charge in [-0.1, -0.05) is 6.08 Å². The highest BCUT2D eigenvalue weighted by atomic mass is 16.4. The summed E-state index contributed by atoms with van der Waals surface area (Å²) in [5.74, 6) is -1.14. The molecule has 1 aromatic heterocycles. The number of hydrogen-bond donors (Lipinski definition) is 2. The first kappa shape index (κ1) is 12.0. The number of aromatic amines is 1. The molecule has 16 heavy (non-hydrogen) atoms. The summed E-state index contributed by atoms with van der Waals surface area (Å²) in [6, 6.07) is -1.04. The molecule has 1 heterocycles. The molecule has 0 bridgehead atoms. The molecule has 0 radical (unpaired) electrons. The maximum Gasteiger partial charge on any atom is 0.329 e. The van der Waals surface area contributed by atoms with E-state index in [9.17, 15) is 14.4 Å². The van der Waals surface area contributed by atoms with Crippen molar-refractivity contribution in [3.63, 3.8) is 0 Å². The number of carbonyl (C=O) groups is 1. The molecule has 0 saturated heterocycles. The number of carboxylic acids is 1. The monoisotopic (exact) mass is 224 g/mol. The molecule has 0 aliphatic heterocycles. The van der Waals surface area contributed by atoms with Gasteiger partial charge in [-0.05, 0) is 13.3 Å². The van der Waals surface area contributed by atoms with Gasteiger partial charge in [0.05, 0.1) is 0 Å². The van der Waals surface area contributed by atoms with Crippen LogP contribution in [0.3, 0.4) is 0 Å². The normalized spacial score (nSPS) is 12.1. The predicted octanol–water partition coefficient (Wildman–Crippen LogP) is 0.0468. The number of aryl methyl sites for hydroxylation is 1. The van der Waals surface area contributed by atoms with Gasteiger partial charge in [-0.2, -0.15) is 0 Å². The van der Waals surface area contributed by atoms with Crippen LogP contribution in [0.25, 0.3) is 0 Å². The molecule has 86 valence electrons. The van der Waals surface area contributed by atoms with Gasteiger partial charge in [0.15, 0.2) is 0 Å². The van der Waals surface area contributed by atoms with Gasteiger partial charge in [-0.25, -0.2) is 9.59 Å². The van der Waals surface area contributed by atoms with E-state index in [-0.39, 0.29) is 12.0 Å². The fourth-order valence-electron chi connectivity index (χ4n) is 1.31. The standard InChI is InChI=1S/C10H12N2O4/c1-3-4-7(9(14)15)12-5-6(2)8(13)11-10(12)16/h3,5,7H,1,4H2,2H3,(H,14,15)(H,11,13,16). The van der Waals surface area contributed by atoms with Crippen LogP contribution in [-0.2, 0) is 4.79 Å². The molecule has 1 rings (SSSR count). The molecule has 1 aromatic rings. The lowest BCUT2D eigenvalue weighted by molar-refractivity contribution is -0.140. The molecule has 0 saturated carbocycles. The fraction of sp³-hybridized carbons (Fsp3) is 0.300. The van der Waals surface area contributed by atoms with Crippen molar-refractivity contribution in [3.05, 3.63) is 45.3 Å². The molecular formula is C10H12N2O4. The number of carboxylic acid groups (broad SMARTS) is 1. The third kappa shape index (κ3) is 2.28. The number of aliphatic carboxylic acids is 1. The van der Waals surface area contributed by atoms with Crippen LogP contribution in [0.1, 0.15) is 18.0 Å². The second kappa shape index (κ2) is 4.61. The molecule has 6 nitrogen and oxygen atoms in total. The lowest BCUT2D eigenvalue weighted by Gasteiger charge is -2.13. The minimum absolute atomic E-state index is 0.112. The van der Waals surface area contributed by atoms with E-state index in [1.807, 2.05) is 0 Å². The van der Waals surface area contributed by atoms with Crippen molar-refractivity contribution in [1.29, 1.82) is 0 Å². The second-order valence-electron chi connectivity index (χ2n) is 3.36. The van der Waals surface area contributed by atoms with E-state index < -0.39 is 23.3 Å². The third-order valence-corrected chi connectivity index (χ3v) is 2.16. The molecule has 0 fully saturated rings. The number of H-pyrrole nitrogens is 1. The molecule has 2 N–H and O–H groups in total. The number of allylic oxidation sites excluding steroid dienone is 1. The number of nitrogens with zero attached hydrogens (tertiary/aromatic N) is 1. The summed E-state index contributed by atoms with van der Waals surface area (Å²) in [5, 5.41) is 8.94. The molecule has 1 unspecified atom stereocenters. The quantitative estimate of drug-likeness (QED) is 0.706. The molecule has 1 atom stereocenters. The third-order valence-electron chi connectivity index (χ3n) is 2.16. The summed E-state index contributed by atoms with van der Waals surface area (Å²) >= 11 is 0. The van der Waals surface area contributed by atoms with Crippen LogP contribution in [0.5, 0.6) is 0 Å². The van der Waals surface area contributed by atoms with Crippen LogP contribution in [-0.4, -0.2) is 20.6 Å². The summed E-state index contributed by atoms with van der Waals surface area (Å²) in [7, 11) is 0. The molecule has 0 aliphatic carbocycles. The van der Waals surface area contributed by atoms with Gasteiger partial charge in [0, 0.05) is 11.8 Å². The molecule has 6 heteroatoms. The van der Waals surface area contributed by atoms with Crippen LogP contribution in [0.15, 0.2) is 28.4 Å². The average molecular weight is 224 g/mol. The van der Waals surface area contributed by atoms with E-state index in [1.165, 1.54) is 19.2 Å². The average Bonchev–Trinajstić information content (AvgIpc) is 2.20. The Morgan fingerprint density at radius 1 is 1.69 bits per heavy atom. The number of hydrogen-bond acceptors (Lipinski definition) is 3. The lowest BCUT2D eigenvalue weighted by Crippen LogP contribution is -2.35. The van der Waals surface area contributed by atoms with Crippen molar-refractivity contribution in [2.24, 2.45) is 0 Å². The van der Waals surface area contributed by atoms with E-state index >= 15 is 0 Å². The van der Waals surface area contributed by atoms with E-state index in [1.54, 1.807) is 0 Å². The first-order chi connectivity index (χ1) is 7.47. The van der Waals surface area contributed by atoms with Crippen molar-refractivity contribution in [2.45, 2.75) is 19.4 Å². The van der Waals surface area contributed by atoms with Crippen LogP contribution >= 0.6 is 0 Å². The first-order valence-corrected chi connectivity index (χ1v) is 4.63. The lowest BCUT2D eigenvalue weighted by atomic mass is 10.2. The van der Waals surface area contributed by atoms with Crippen molar-refractivity contribution < 1.29 is 9.90 Å². The Balaban J connectivity index is 3.35. The Morgan fingerprint density at radius 2 is 2.31 bits per heavy atom. The summed E-state index contributed by atoms with van der Waals surface area (Å²) in [4.78, 5) is 35.5. The van der Waals surface area contributed by atoms with E-state index in [4.69, 9.17) is 5.11 Å². The van der Waals surface area contributed by atoms with Gasteiger partial charge in [0.1, 0.15) is 6.04 Å². The van der Waals surface area contributed by atoms with Crippen molar-refractivity contribution in [2.75, 3.05) is 0 Å². The molecule has 0 spiro atoms. The van der Waals surface area contributed by atoms with Gasteiger partial charge in [0.25, 0.3) is 5.56 Å². The first-order valence-electron chi connectivity index (χ1n) is 4.63. The topological polar surface area (TPSA) is 92.2 Å². The highest BCUT2D eigenvalue weighted by Gasteiger charge is 2.19. The van der Waals surface area contributed by atoms with Crippen LogP contribution in [0.2, 0.25) is 0 Å². The maximum absolute atomic E-state index is 11.4. The smallest absolute Gasteiger partial charge is 0.329 e. The fourth-order valence-corrected chi connectivity index (χ4v) is 1.31. The Labute approximate surface area is 90.9 Å².